The molecule has 1 saturated carbocycles. The smallest absolute Gasteiger partial charge is 0.315 e. The van der Waals surface area contributed by atoms with Crippen LogP contribution in [0.5, 0.6) is 0 Å². The average Bonchev–Trinajstić information content (AvgIpc) is 3.32. The molecule has 6 heteroatoms. The first-order chi connectivity index (χ1) is 12.6. The van der Waals surface area contributed by atoms with Crippen LogP contribution in [0, 0.1) is 5.92 Å². The second kappa shape index (κ2) is 8.85. The van der Waals surface area contributed by atoms with Crippen LogP contribution >= 0.6 is 11.3 Å². The molecule has 1 aliphatic rings. The van der Waals surface area contributed by atoms with Crippen molar-refractivity contribution in [1.29, 1.82) is 0 Å². The van der Waals surface area contributed by atoms with Gasteiger partial charge in [-0.15, -0.1) is 11.3 Å². The molecule has 2 amide bonds. The van der Waals surface area contributed by atoms with Gasteiger partial charge in [-0.25, -0.2) is 4.79 Å². The third-order valence-corrected chi connectivity index (χ3v) is 5.55. The number of hydrogen-bond acceptors (Lipinski definition) is 3. The topological polar surface area (TPSA) is 78.4 Å². The number of benzene rings is 1. The highest BCUT2D eigenvalue weighted by atomic mass is 32.1. The first-order valence-electron chi connectivity index (χ1n) is 8.98. The van der Waals surface area contributed by atoms with Crippen molar-refractivity contribution in [2.45, 2.75) is 44.2 Å². The number of carboxylic acids is 1. The molecule has 0 spiro atoms. The van der Waals surface area contributed by atoms with Crippen molar-refractivity contribution < 1.29 is 14.7 Å². The van der Waals surface area contributed by atoms with E-state index in [1.165, 1.54) is 4.88 Å². The Morgan fingerprint density at radius 2 is 1.88 bits per heavy atom. The molecule has 0 saturated heterocycles. The highest BCUT2D eigenvalue weighted by Gasteiger charge is 2.34. The number of rotatable bonds is 9. The molecule has 1 aromatic carbocycles. The Bertz CT molecular complexity index is 714. The lowest BCUT2D eigenvalue weighted by atomic mass is 10.0. The van der Waals surface area contributed by atoms with Crippen LogP contribution in [0.25, 0.3) is 0 Å². The standard InChI is InChI=1S/C20H24N2O3S/c23-18(24)11-10-16(13-14-5-2-1-3-6-14)21-20(25)22-19(15-8-9-15)17-7-4-12-26-17/h1-7,12,15-16,19H,8-11,13H2,(H,23,24)(H2,21,22,25). The maximum atomic E-state index is 12.6. The molecule has 1 heterocycles. The van der Waals surface area contributed by atoms with Crippen LogP contribution in [-0.4, -0.2) is 23.1 Å². The lowest BCUT2D eigenvalue weighted by Gasteiger charge is -2.22. The van der Waals surface area contributed by atoms with Crippen molar-refractivity contribution in [3.63, 3.8) is 0 Å². The predicted molar refractivity (Wildman–Crippen MR) is 102 cm³/mol. The summed E-state index contributed by atoms with van der Waals surface area (Å²) in [6.45, 7) is 0. The second-order valence-electron chi connectivity index (χ2n) is 6.77. The number of carbonyl (C=O) groups excluding carboxylic acids is 1. The molecule has 3 rings (SSSR count). The largest absolute Gasteiger partial charge is 0.481 e. The van der Waals surface area contributed by atoms with Gasteiger partial charge in [-0.2, -0.15) is 0 Å². The average molecular weight is 372 g/mol. The van der Waals surface area contributed by atoms with Crippen LogP contribution in [0.4, 0.5) is 4.79 Å². The first-order valence-corrected chi connectivity index (χ1v) is 9.86. The van der Waals surface area contributed by atoms with E-state index in [0.29, 0.717) is 18.8 Å². The van der Waals surface area contributed by atoms with Crippen molar-refractivity contribution in [3.8, 4) is 0 Å². The molecular weight excluding hydrogens is 348 g/mol. The molecule has 138 valence electrons. The Kier molecular flexibility index (Phi) is 6.28. The minimum atomic E-state index is -0.847. The molecule has 3 N–H and O–H groups in total. The molecule has 2 aromatic rings. The predicted octanol–water partition coefficient (Wildman–Crippen LogP) is 3.97. The fourth-order valence-corrected chi connectivity index (χ4v) is 3.98. The van der Waals surface area contributed by atoms with Crippen LogP contribution in [-0.2, 0) is 11.2 Å². The number of urea groups is 1. The van der Waals surface area contributed by atoms with E-state index in [2.05, 4.69) is 16.7 Å². The van der Waals surface area contributed by atoms with Crippen LogP contribution in [0.1, 0.15) is 42.2 Å². The van der Waals surface area contributed by atoms with Crippen LogP contribution in [0.2, 0.25) is 0 Å². The number of thiophene rings is 1. The fraction of sp³-hybridized carbons (Fsp3) is 0.400. The van der Waals surface area contributed by atoms with Gasteiger partial charge in [0.05, 0.1) is 6.04 Å². The Balaban J connectivity index is 1.61. The molecular formula is C20H24N2O3S. The SMILES string of the molecule is O=C(O)CCC(Cc1ccccc1)NC(=O)NC(c1cccs1)C1CC1. The van der Waals surface area contributed by atoms with Gasteiger partial charge >= 0.3 is 12.0 Å². The highest BCUT2D eigenvalue weighted by Crippen LogP contribution is 2.42. The minimum absolute atomic E-state index is 0.0365. The maximum absolute atomic E-state index is 12.6. The van der Waals surface area contributed by atoms with Gasteiger partial charge in [-0.05, 0) is 48.6 Å². The van der Waals surface area contributed by atoms with E-state index in [9.17, 15) is 9.59 Å². The molecule has 1 aliphatic carbocycles. The summed E-state index contributed by atoms with van der Waals surface area (Å²) in [5, 5.41) is 17.1. The summed E-state index contributed by atoms with van der Waals surface area (Å²) in [7, 11) is 0. The van der Waals surface area contributed by atoms with Gasteiger partial charge < -0.3 is 15.7 Å². The number of nitrogens with one attached hydrogen (secondary N) is 2. The summed E-state index contributed by atoms with van der Waals surface area (Å²) in [6, 6.07) is 13.5. The number of hydrogen-bond donors (Lipinski definition) is 3. The van der Waals surface area contributed by atoms with E-state index in [1.54, 1.807) is 11.3 Å². The Hall–Kier alpha value is -2.34. The highest BCUT2D eigenvalue weighted by molar-refractivity contribution is 7.10. The summed E-state index contributed by atoms with van der Waals surface area (Å²) in [5.41, 5.74) is 1.08. The summed E-state index contributed by atoms with van der Waals surface area (Å²) in [5.74, 6) is -0.342. The van der Waals surface area contributed by atoms with Gasteiger partial charge in [-0.3, -0.25) is 4.79 Å². The van der Waals surface area contributed by atoms with Gasteiger partial charge in [0.2, 0.25) is 0 Å². The van der Waals surface area contributed by atoms with Crippen molar-refractivity contribution in [1.82, 2.24) is 10.6 Å². The number of aliphatic carboxylic acids is 1. The number of carboxylic acid groups (broad SMARTS) is 1. The van der Waals surface area contributed by atoms with E-state index >= 15 is 0 Å². The van der Waals surface area contributed by atoms with Gasteiger partial charge in [-0.1, -0.05) is 36.4 Å². The van der Waals surface area contributed by atoms with Crippen molar-refractivity contribution in [2.75, 3.05) is 0 Å². The van der Waals surface area contributed by atoms with E-state index in [-0.39, 0.29) is 24.5 Å². The van der Waals surface area contributed by atoms with E-state index in [1.807, 2.05) is 41.8 Å². The maximum Gasteiger partial charge on any atom is 0.315 e. The summed E-state index contributed by atoms with van der Waals surface area (Å²) in [6.07, 6.45) is 3.33. The van der Waals surface area contributed by atoms with Crippen molar-refractivity contribution in [3.05, 3.63) is 58.3 Å². The second-order valence-corrected chi connectivity index (χ2v) is 7.75. The van der Waals surface area contributed by atoms with Crippen LogP contribution in [0.15, 0.2) is 47.8 Å². The molecule has 2 atom stereocenters. The lowest BCUT2D eigenvalue weighted by molar-refractivity contribution is -0.137. The van der Waals surface area contributed by atoms with Gasteiger partial charge in [0.25, 0.3) is 0 Å². The molecule has 1 fully saturated rings. The Morgan fingerprint density at radius 1 is 1.12 bits per heavy atom. The van der Waals surface area contributed by atoms with Crippen molar-refractivity contribution in [2.24, 2.45) is 5.92 Å². The van der Waals surface area contributed by atoms with Crippen LogP contribution in [0.3, 0.4) is 0 Å². The quantitative estimate of drug-likeness (QED) is 0.623. The molecule has 0 aliphatic heterocycles. The van der Waals surface area contributed by atoms with Gasteiger partial charge in [0.15, 0.2) is 0 Å². The van der Waals surface area contributed by atoms with Gasteiger partial charge in [0, 0.05) is 17.3 Å². The summed E-state index contributed by atoms with van der Waals surface area (Å²) in [4.78, 5) is 24.7. The summed E-state index contributed by atoms with van der Waals surface area (Å²) >= 11 is 1.66. The minimum Gasteiger partial charge on any atom is -0.481 e. The van der Waals surface area contributed by atoms with Crippen LogP contribution < -0.4 is 10.6 Å². The van der Waals surface area contributed by atoms with Crippen molar-refractivity contribution >= 4 is 23.3 Å². The first kappa shape index (κ1) is 18.5. The van der Waals surface area contributed by atoms with E-state index < -0.39 is 5.97 Å². The number of amides is 2. The monoisotopic (exact) mass is 372 g/mol. The molecule has 0 radical (unpaired) electrons. The zero-order valence-electron chi connectivity index (χ0n) is 14.6. The molecule has 2 unspecified atom stereocenters. The Labute approximate surface area is 157 Å². The number of carbonyl (C=O) groups is 2. The van der Waals surface area contributed by atoms with E-state index in [4.69, 9.17) is 5.11 Å². The lowest BCUT2D eigenvalue weighted by Crippen LogP contribution is -2.45. The fourth-order valence-electron chi connectivity index (χ4n) is 3.11. The molecule has 26 heavy (non-hydrogen) atoms. The third kappa shape index (κ3) is 5.59. The molecule has 5 nitrogen and oxygen atoms in total. The third-order valence-electron chi connectivity index (χ3n) is 4.60. The molecule has 1 aromatic heterocycles. The zero-order valence-corrected chi connectivity index (χ0v) is 15.4. The van der Waals surface area contributed by atoms with E-state index in [0.717, 1.165) is 18.4 Å². The zero-order chi connectivity index (χ0) is 18.4. The van der Waals surface area contributed by atoms with Gasteiger partial charge in [0.1, 0.15) is 0 Å². The summed E-state index contributed by atoms with van der Waals surface area (Å²) < 4.78 is 0. The normalized spacial score (nSPS) is 15.8. The molecule has 0 bridgehead atoms. The Morgan fingerprint density at radius 3 is 2.50 bits per heavy atom.